The first-order valence-electron chi connectivity index (χ1n) is 8.10. The molecule has 0 bridgehead atoms. The van der Waals surface area contributed by atoms with Crippen molar-refractivity contribution in [2.75, 3.05) is 18.0 Å². The second-order valence-electron chi connectivity index (χ2n) is 6.99. The number of imidazole rings is 1. The number of carbonyl (C=O) groups is 1. The molecule has 0 saturated carbocycles. The maximum absolute atomic E-state index is 11.8. The Labute approximate surface area is 136 Å². The Kier molecular flexibility index (Phi) is 4.15. The highest BCUT2D eigenvalue weighted by molar-refractivity contribution is 5.77. The summed E-state index contributed by atoms with van der Waals surface area (Å²) < 4.78 is 5.31. The maximum atomic E-state index is 11.8. The van der Waals surface area contributed by atoms with E-state index < -0.39 is 5.60 Å². The normalized spacial score (nSPS) is 16.6. The van der Waals surface area contributed by atoms with E-state index in [4.69, 9.17) is 4.74 Å². The molecular weight excluding hydrogens is 292 g/mol. The molecule has 3 rings (SSSR count). The fourth-order valence-corrected chi connectivity index (χ4v) is 2.80. The van der Waals surface area contributed by atoms with Crippen LogP contribution < -0.4 is 10.2 Å². The summed E-state index contributed by atoms with van der Waals surface area (Å²) in [6.45, 7) is 7.34. The van der Waals surface area contributed by atoms with Gasteiger partial charge in [0.2, 0.25) is 5.95 Å². The Balaban J connectivity index is 1.55. The lowest BCUT2D eigenvalue weighted by Gasteiger charge is -2.32. The number of H-pyrrole nitrogens is 1. The fraction of sp³-hybridized carbons (Fsp3) is 0.529. The van der Waals surface area contributed by atoms with Crippen molar-refractivity contribution in [3.63, 3.8) is 0 Å². The van der Waals surface area contributed by atoms with Crippen LogP contribution in [0, 0.1) is 0 Å². The first-order valence-corrected chi connectivity index (χ1v) is 8.10. The van der Waals surface area contributed by atoms with E-state index in [0.717, 1.165) is 42.9 Å². The van der Waals surface area contributed by atoms with E-state index >= 15 is 0 Å². The van der Waals surface area contributed by atoms with Crippen molar-refractivity contribution in [1.82, 2.24) is 15.3 Å². The molecule has 2 aromatic rings. The maximum Gasteiger partial charge on any atom is 0.407 e. The smallest absolute Gasteiger partial charge is 0.407 e. The number of fused-ring (bicyclic) bond motifs is 1. The van der Waals surface area contributed by atoms with E-state index in [1.807, 2.05) is 45.0 Å². The van der Waals surface area contributed by atoms with Crippen LogP contribution in [0.2, 0.25) is 0 Å². The van der Waals surface area contributed by atoms with Crippen LogP contribution in [0.25, 0.3) is 11.0 Å². The Bertz CT molecular complexity index is 648. The van der Waals surface area contributed by atoms with Gasteiger partial charge in [-0.1, -0.05) is 12.1 Å². The molecule has 6 nitrogen and oxygen atoms in total. The molecule has 1 aromatic carbocycles. The topological polar surface area (TPSA) is 70.2 Å². The zero-order chi connectivity index (χ0) is 16.4. The van der Waals surface area contributed by atoms with Gasteiger partial charge in [0, 0.05) is 19.1 Å². The van der Waals surface area contributed by atoms with Crippen molar-refractivity contribution in [1.29, 1.82) is 0 Å². The van der Waals surface area contributed by atoms with Crippen molar-refractivity contribution >= 4 is 23.1 Å². The van der Waals surface area contributed by atoms with Crippen LogP contribution in [0.4, 0.5) is 10.7 Å². The predicted octanol–water partition coefficient (Wildman–Crippen LogP) is 3.06. The molecule has 1 aliphatic rings. The number of anilines is 1. The molecule has 0 aliphatic carbocycles. The Morgan fingerprint density at radius 2 is 2.00 bits per heavy atom. The van der Waals surface area contributed by atoms with Gasteiger partial charge in [-0.2, -0.15) is 0 Å². The van der Waals surface area contributed by atoms with E-state index in [9.17, 15) is 4.79 Å². The number of nitrogens with zero attached hydrogens (tertiary/aromatic N) is 2. The molecule has 1 aromatic heterocycles. The third-order valence-electron chi connectivity index (χ3n) is 3.89. The summed E-state index contributed by atoms with van der Waals surface area (Å²) in [6, 6.07) is 8.19. The van der Waals surface area contributed by atoms with E-state index in [2.05, 4.69) is 20.2 Å². The zero-order valence-corrected chi connectivity index (χ0v) is 13.9. The summed E-state index contributed by atoms with van der Waals surface area (Å²) in [4.78, 5) is 22.0. The monoisotopic (exact) mass is 316 g/mol. The minimum absolute atomic E-state index is 0.158. The summed E-state index contributed by atoms with van der Waals surface area (Å²) >= 11 is 0. The lowest BCUT2D eigenvalue weighted by molar-refractivity contribution is 0.0497. The van der Waals surface area contributed by atoms with Crippen molar-refractivity contribution in [2.45, 2.75) is 45.3 Å². The number of aromatic amines is 1. The number of para-hydroxylation sites is 2. The van der Waals surface area contributed by atoms with E-state index in [1.54, 1.807) is 0 Å². The average molecular weight is 316 g/mol. The molecule has 1 amide bonds. The summed E-state index contributed by atoms with van der Waals surface area (Å²) in [5, 5.41) is 2.96. The SMILES string of the molecule is CC(C)(C)OC(=O)NC1CCN(c2nc3ccccc3[nH]2)CC1. The molecule has 0 atom stereocenters. The van der Waals surface area contributed by atoms with Gasteiger partial charge in [0.15, 0.2) is 0 Å². The number of piperidine rings is 1. The molecule has 0 spiro atoms. The third kappa shape index (κ3) is 3.94. The number of nitrogens with one attached hydrogen (secondary N) is 2. The predicted molar refractivity (Wildman–Crippen MR) is 90.7 cm³/mol. The van der Waals surface area contributed by atoms with Crippen LogP contribution in [-0.2, 0) is 4.74 Å². The molecule has 1 saturated heterocycles. The number of hydrogen-bond donors (Lipinski definition) is 2. The van der Waals surface area contributed by atoms with Crippen molar-refractivity contribution in [3.05, 3.63) is 24.3 Å². The highest BCUT2D eigenvalue weighted by Gasteiger charge is 2.24. The Hall–Kier alpha value is -2.24. The molecule has 2 N–H and O–H groups in total. The van der Waals surface area contributed by atoms with Crippen LogP contribution in [0.15, 0.2) is 24.3 Å². The number of carbonyl (C=O) groups excluding carboxylic acids is 1. The zero-order valence-electron chi connectivity index (χ0n) is 13.9. The van der Waals surface area contributed by atoms with Gasteiger partial charge in [0.1, 0.15) is 5.60 Å². The van der Waals surface area contributed by atoms with Crippen LogP contribution >= 0.6 is 0 Å². The van der Waals surface area contributed by atoms with Gasteiger partial charge >= 0.3 is 6.09 Å². The van der Waals surface area contributed by atoms with Crippen molar-refractivity contribution in [2.24, 2.45) is 0 Å². The first-order chi connectivity index (χ1) is 10.9. The number of ether oxygens (including phenoxy) is 1. The summed E-state index contributed by atoms with van der Waals surface area (Å²) in [5.74, 6) is 0.905. The first kappa shape index (κ1) is 15.6. The number of rotatable bonds is 2. The lowest BCUT2D eigenvalue weighted by atomic mass is 10.1. The fourth-order valence-electron chi connectivity index (χ4n) is 2.80. The van der Waals surface area contributed by atoms with Crippen LogP contribution in [-0.4, -0.2) is 40.8 Å². The molecular formula is C17H24N4O2. The van der Waals surface area contributed by atoms with E-state index in [0.29, 0.717) is 0 Å². The number of amides is 1. The van der Waals surface area contributed by atoms with Crippen molar-refractivity contribution in [3.8, 4) is 0 Å². The molecule has 0 radical (unpaired) electrons. The number of alkyl carbamates (subject to hydrolysis) is 1. The highest BCUT2D eigenvalue weighted by atomic mass is 16.6. The lowest BCUT2D eigenvalue weighted by Crippen LogP contribution is -2.46. The average Bonchev–Trinajstić information content (AvgIpc) is 2.89. The van der Waals surface area contributed by atoms with E-state index in [1.165, 1.54) is 0 Å². The molecule has 6 heteroatoms. The standard InChI is InChI=1S/C17H24N4O2/c1-17(2,3)23-16(22)18-12-8-10-21(11-9-12)15-19-13-6-4-5-7-14(13)20-15/h4-7,12H,8-11H2,1-3H3,(H,18,22)(H,19,20). The van der Waals surface area contributed by atoms with Gasteiger partial charge in [-0.3, -0.25) is 0 Å². The van der Waals surface area contributed by atoms with Gasteiger partial charge in [-0.05, 0) is 45.7 Å². The Morgan fingerprint density at radius 1 is 1.30 bits per heavy atom. The number of benzene rings is 1. The number of hydrogen-bond acceptors (Lipinski definition) is 4. The van der Waals surface area contributed by atoms with Crippen LogP contribution in [0.5, 0.6) is 0 Å². The van der Waals surface area contributed by atoms with Gasteiger partial charge in [0.25, 0.3) is 0 Å². The third-order valence-corrected chi connectivity index (χ3v) is 3.89. The highest BCUT2D eigenvalue weighted by Crippen LogP contribution is 2.21. The second kappa shape index (κ2) is 6.10. The summed E-state index contributed by atoms with van der Waals surface area (Å²) in [5.41, 5.74) is 1.58. The largest absolute Gasteiger partial charge is 0.444 e. The minimum atomic E-state index is -0.459. The molecule has 2 heterocycles. The van der Waals surface area contributed by atoms with Gasteiger partial charge in [0.05, 0.1) is 11.0 Å². The van der Waals surface area contributed by atoms with Crippen molar-refractivity contribution < 1.29 is 9.53 Å². The number of aromatic nitrogens is 2. The quantitative estimate of drug-likeness (QED) is 0.893. The summed E-state index contributed by atoms with van der Waals surface area (Å²) in [6.07, 6.45) is 1.44. The summed E-state index contributed by atoms with van der Waals surface area (Å²) in [7, 11) is 0. The van der Waals surface area contributed by atoms with Crippen LogP contribution in [0.1, 0.15) is 33.6 Å². The Morgan fingerprint density at radius 3 is 2.65 bits per heavy atom. The van der Waals surface area contributed by atoms with Crippen LogP contribution in [0.3, 0.4) is 0 Å². The molecule has 0 unspecified atom stereocenters. The van der Waals surface area contributed by atoms with Gasteiger partial charge in [-0.25, -0.2) is 9.78 Å². The molecule has 124 valence electrons. The van der Waals surface area contributed by atoms with Gasteiger partial charge in [-0.15, -0.1) is 0 Å². The minimum Gasteiger partial charge on any atom is -0.444 e. The van der Waals surface area contributed by atoms with Gasteiger partial charge < -0.3 is 19.9 Å². The second-order valence-corrected chi connectivity index (χ2v) is 6.99. The van der Waals surface area contributed by atoms with E-state index in [-0.39, 0.29) is 12.1 Å². The molecule has 23 heavy (non-hydrogen) atoms. The molecule has 1 aliphatic heterocycles. The molecule has 1 fully saturated rings.